The van der Waals surface area contributed by atoms with Gasteiger partial charge in [-0.2, -0.15) is 0 Å². The van der Waals surface area contributed by atoms with E-state index in [0.717, 1.165) is 56.1 Å². The molecular formula is C29H39N3O2. The lowest BCUT2D eigenvalue weighted by molar-refractivity contribution is -0.122. The van der Waals surface area contributed by atoms with E-state index in [2.05, 4.69) is 78.5 Å². The van der Waals surface area contributed by atoms with Gasteiger partial charge >= 0.3 is 0 Å². The second-order valence-corrected chi connectivity index (χ2v) is 9.28. The number of hydrogen-bond acceptors (Lipinski definition) is 3. The minimum absolute atomic E-state index is 0.0390. The highest BCUT2D eigenvalue weighted by Gasteiger charge is 2.38. The van der Waals surface area contributed by atoms with E-state index in [1.165, 1.54) is 5.56 Å². The van der Waals surface area contributed by atoms with Crippen molar-refractivity contribution in [3.63, 3.8) is 0 Å². The summed E-state index contributed by atoms with van der Waals surface area (Å²) in [6.07, 6.45) is 16.3. The molecule has 0 saturated carbocycles. The van der Waals surface area contributed by atoms with E-state index in [9.17, 15) is 4.79 Å². The molecule has 0 spiro atoms. The van der Waals surface area contributed by atoms with E-state index in [0.29, 0.717) is 12.3 Å². The summed E-state index contributed by atoms with van der Waals surface area (Å²) in [4.78, 5) is 20.2. The highest BCUT2D eigenvalue weighted by molar-refractivity contribution is 5.81. The maximum Gasteiger partial charge on any atom is 0.225 e. The molecule has 1 aliphatic heterocycles. The second-order valence-electron chi connectivity index (χ2n) is 9.28. The average molecular weight is 462 g/mol. The molecule has 1 aromatic rings. The third kappa shape index (κ3) is 6.72. The van der Waals surface area contributed by atoms with E-state index in [-0.39, 0.29) is 11.3 Å². The first kappa shape index (κ1) is 25.5. The molecular weight excluding hydrogens is 422 g/mol. The molecule has 1 atom stereocenters. The molecule has 5 heteroatoms. The zero-order valence-corrected chi connectivity index (χ0v) is 21.1. The van der Waals surface area contributed by atoms with Crippen molar-refractivity contribution in [1.82, 2.24) is 10.2 Å². The van der Waals surface area contributed by atoms with Crippen molar-refractivity contribution in [3.05, 3.63) is 83.9 Å². The number of hydrogen-bond donors (Lipinski definition) is 1. The summed E-state index contributed by atoms with van der Waals surface area (Å²) in [7, 11) is 1.66. The monoisotopic (exact) mass is 461 g/mol. The van der Waals surface area contributed by atoms with Crippen LogP contribution in [0.5, 0.6) is 0 Å². The third-order valence-electron chi connectivity index (χ3n) is 6.78. The summed E-state index contributed by atoms with van der Waals surface area (Å²) in [6.45, 7) is 8.07. The summed E-state index contributed by atoms with van der Waals surface area (Å²) in [5.74, 6) is 2.23. The molecule has 1 heterocycles. The lowest BCUT2D eigenvalue weighted by Crippen LogP contribution is -2.46. The van der Waals surface area contributed by atoms with E-state index >= 15 is 0 Å². The Labute approximate surface area is 205 Å². The topological polar surface area (TPSA) is 53.9 Å². The van der Waals surface area contributed by atoms with Crippen molar-refractivity contribution in [3.8, 4) is 0 Å². The first-order valence-electron chi connectivity index (χ1n) is 12.4. The Hall–Kier alpha value is -3.08. The molecule has 1 aromatic carbocycles. The first-order chi connectivity index (χ1) is 16.5. The molecule has 1 unspecified atom stereocenters. The Balaban J connectivity index is 1.71. The van der Waals surface area contributed by atoms with Gasteiger partial charge in [0.1, 0.15) is 11.6 Å². The number of ether oxygens (including phenoxy) is 1. The maximum absolute atomic E-state index is 13.3. The van der Waals surface area contributed by atoms with Gasteiger partial charge < -0.3 is 15.0 Å². The number of likely N-dealkylation sites (tertiary alicyclic amines) is 1. The molecule has 182 valence electrons. The summed E-state index contributed by atoms with van der Waals surface area (Å²) in [5, 5.41) is 3.14. The van der Waals surface area contributed by atoms with Gasteiger partial charge in [-0.3, -0.25) is 4.79 Å². The van der Waals surface area contributed by atoms with Crippen LogP contribution in [0.3, 0.4) is 0 Å². The third-order valence-corrected chi connectivity index (χ3v) is 6.78. The van der Waals surface area contributed by atoms with Crippen LogP contribution in [0.25, 0.3) is 0 Å². The molecule has 2 aliphatic rings. The second kappa shape index (κ2) is 12.4. The molecule has 3 rings (SSSR count). The van der Waals surface area contributed by atoms with Crippen molar-refractivity contribution in [2.24, 2.45) is 10.9 Å². The zero-order valence-electron chi connectivity index (χ0n) is 21.1. The number of amides is 1. The van der Waals surface area contributed by atoms with Crippen molar-refractivity contribution >= 4 is 11.7 Å². The van der Waals surface area contributed by atoms with Gasteiger partial charge in [0.2, 0.25) is 5.91 Å². The Kier molecular flexibility index (Phi) is 9.32. The number of allylic oxidation sites excluding steroid dienone is 5. The van der Waals surface area contributed by atoms with Crippen molar-refractivity contribution < 1.29 is 9.53 Å². The SMILES string of the molecule is CC/C=C/C=C\N=C(C)N1CCC(CC(=O)NC2=CCC(C)C=C2OC)(c2ccccc2)CC1. The quantitative estimate of drug-likeness (QED) is 0.299. The molecule has 1 aliphatic carbocycles. The first-order valence-corrected chi connectivity index (χ1v) is 12.4. The van der Waals surface area contributed by atoms with E-state index in [1.807, 2.05) is 24.4 Å². The zero-order chi connectivity index (χ0) is 24.4. The minimum atomic E-state index is -0.193. The normalized spacial score (nSPS) is 20.9. The van der Waals surface area contributed by atoms with Gasteiger partial charge in [-0.25, -0.2) is 4.99 Å². The highest BCUT2D eigenvalue weighted by atomic mass is 16.5. The maximum atomic E-state index is 13.3. The number of piperidine rings is 1. The van der Waals surface area contributed by atoms with Crippen LogP contribution < -0.4 is 5.32 Å². The number of aliphatic imine (C=N–C) groups is 1. The Bertz CT molecular complexity index is 964. The van der Waals surface area contributed by atoms with Crippen LogP contribution in [0.2, 0.25) is 0 Å². The minimum Gasteiger partial charge on any atom is -0.495 e. The molecule has 1 fully saturated rings. The number of carbonyl (C=O) groups is 1. The van der Waals surface area contributed by atoms with Crippen molar-refractivity contribution in [1.29, 1.82) is 0 Å². The molecule has 1 N–H and O–H groups in total. The fourth-order valence-corrected chi connectivity index (χ4v) is 4.73. The molecule has 0 bridgehead atoms. The van der Waals surface area contributed by atoms with Gasteiger partial charge in [-0.05, 0) is 56.2 Å². The average Bonchev–Trinajstić information content (AvgIpc) is 2.85. The Morgan fingerprint density at radius 2 is 1.97 bits per heavy atom. The van der Waals surface area contributed by atoms with Crippen LogP contribution in [0.1, 0.15) is 58.4 Å². The fraction of sp³-hybridized carbons (Fsp3) is 0.448. The van der Waals surface area contributed by atoms with Crippen LogP contribution in [0, 0.1) is 5.92 Å². The molecule has 34 heavy (non-hydrogen) atoms. The van der Waals surface area contributed by atoms with Crippen molar-refractivity contribution in [2.45, 2.75) is 58.3 Å². The summed E-state index contributed by atoms with van der Waals surface area (Å²) >= 11 is 0. The van der Waals surface area contributed by atoms with Gasteiger partial charge in [0.05, 0.1) is 12.8 Å². The summed E-state index contributed by atoms with van der Waals surface area (Å²) < 4.78 is 5.52. The number of rotatable bonds is 8. The number of nitrogens with one attached hydrogen (secondary N) is 1. The van der Waals surface area contributed by atoms with E-state index < -0.39 is 0 Å². The highest BCUT2D eigenvalue weighted by Crippen LogP contribution is 2.39. The molecule has 1 saturated heterocycles. The van der Waals surface area contributed by atoms with Crippen LogP contribution in [-0.4, -0.2) is 36.8 Å². The molecule has 0 radical (unpaired) electrons. The largest absolute Gasteiger partial charge is 0.495 e. The Morgan fingerprint density at radius 3 is 2.65 bits per heavy atom. The lowest BCUT2D eigenvalue weighted by Gasteiger charge is -2.42. The van der Waals surface area contributed by atoms with E-state index in [1.54, 1.807) is 7.11 Å². The lowest BCUT2D eigenvalue weighted by atomic mass is 9.70. The van der Waals surface area contributed by atoms with Crippen molar-refractivity contribution in [2.75, 3.05) is 20.2 Å². The summed E-state index contributed by atoms with van der Waals surface area (Å²) in [6, 6.07) is 10.5. The van der Waals surface area contributed by atoms with Gasteiger partial charge in [0, 0.05) is 31.1 Å². The van der Waals surface area contributed by atoms with Crippen LogP contribution in [0.15, 0.2) is 83.4 Å². The van der Waals surface area contributed by atoms with Gasteiger partial charge in [0.25, 0.3) is 0 Å². The molecule has 0 aromatic heterocycles. The van der Waals surface area contributed by atoms with Crippen LogP contribution in [-0.2, 0) is 14.9 Å². The molecule has 1 amide bonds. The molecule has 5 nitrogen and oxygen atoms in total. The van der Waals surface area contributed by atoms with Gasteiger partial charge in [-0.15, -0.1) is 0 Å². The number of methoxy groups -OCH3 is 1. The number of amidine groups is 1. The Morgan fingerprint density at radius 1 is 1.24 bits per heavy atom. The predicted octanol–water partition coefficient (Wildman–Crippen LogP) is 5.88. The van der Waals surface area contributed by atoms with E-state index in [4.69, 9.17) is 4.74 Å². The fourth-order valence-electron chi connectivity index (χ4n) is 4.73. The predicted molar refractivity (Wildman–Crippen MR) is 140 cm³/mol. The number of carbonyl (C=O) groups excluding carboxylic acids is 1. The van der Waals surface area contributed by atoms with Crippen LogP contribution >= 0.6 is 0 Å². The standard InChI is InChI=1S/C29H39N3O2/c1-5-6-7-11-18-30-24(3)32-19-16-29(17-20-32,25-12-9-8-10-13-25)22-28(33)31-26-15-14-23(2)21-27(26)34-4/h6-13,15,18,21,23H,5,14,16-17,19-20,22H2,1-4H3,(H,31,33)/b7-6+,18-11-,30-24?. The van der Waals surface area contributed by atoms with Gasteiger partial charge in [0.15, 0.2) is 0 Å². The number of benzene rings is 1. The van der Waals surface area contributed by atoms with Gasteiger partial charge in [-0.1, -0.05) is 62.4 Å². The number of nitrogens with zero attached hydrogens (tertiary/aromatic N) is 2. The van der Waals surface area contributed by atoms with Crippen LogP contribution in [0.4, 0.5) is 0 Å². The summed E-state index contributed by atoms with van der Waals surface area (Å²) in [5.41, 5.74) is 1.83. The smallest absolute Gasteiger partial charge is 0.225 e.